The van der Waals surface area contributed by atoms with Crippen LogP contribution in [0.3, 0.4) is 0 Å². The van der Waals surface area contributed by atoms with Gasteiger partial charge in [0.25, 0.3) is 0 Å². The van der Waals surface area contributed by atoms with Gasteiger partial charge < -0.3 is 10.2 Å². The van der Waals surface area contributed by atoms with E-state index in [1.54, 1.807) is 12.4 Å². The minimum Gasteiger partial charge on any atom is -0.354 e. The second-order valence-electron chi connectivity index (χ2n) is 7.91. The number of pyridine rings is 1. The molecule has 1 atom stereocenters. The molecule has 2 aromatic carbocycles. The van der Waals surface area contributed by atoms with Gasteiger partial charge in [-0.25, -0.2) is 0 Å². The summed E-state index contributed by atoms with van der Waals surface area (Å²) in [6.07, 6.45) is 5.31. The Hall–Kier alpha value is -3.47. The van der Waals surface area contributed by atoms with Gasteiger partial charge in [0.1, 0.15) is 0 Å². The van der Waals surface area contributed by atoms with Crippen molar-refractivity contribution in [2.24, 2.45) is 5.92 Å². The average Bonchev–Trinajstić information content (AvgIpc) is 3.00. The van der Waals surface area contributed by atoms with Crippen LogP contribution in [0.15, 0.2) is 79.1 Å². The predicted molar refractivity (Wildman–Crippen MR) is 121 cm³/mol. The molecule has 1 N–H and O–H groups in total. The summed E-state index contributed by atoms with van der Waals surface area (Å²) in [5, 5.41) is 2.99. The van der Waals surface area contributed by atoms with Crippen LogP contribution in [0.1, 0.15) is 17.5 Å². The molecule has 2 heterocycles. The molecule has 1 fully saturated rings. The Labute approximate surface area is 183 Å². The predicted octanol–water partition coefficient (Wildman–Crippen LogP) is 3.50. The molecule has 0 bridgehead atoms. The maximum absolute atomic E-state index is 12.9. The number of aromatic nitrogens is 1. The highest BCUT2D eigenvalue weighted by Crippen LogP contribution is 2.26. The number of carbonyl (C=O) groups is 2. The third kappa shape index (κ3) is 5.37. The summed E-state index contributed by atoms with van der Waals surface area (Å²) in [4.78, 5) is 31.6. The van der Waals surface area contributed by atoms with Gasteiger partial charge in [-0.15, -0.1) is 0 Å². The minimum atomic E-state index is -0.272. The lowest BCUT2D eigenvalue weighted by molar-refractivity contribution is -0.132. The molecule has 0 spiro atoms. The second-order valence-corrected chi connectivity index (χ2v) is 7.91. The number of nitrogens with one attached hydrogen (secondary N) is 1. The lowest BCUT2D eigenvalue weighted by Crippen LogP contribution is -2.37. The summed E-state index contributed by atoms with van der Waals surface area (Å²) in [6, 6.07) is 22.1. The normalized spacial score (nSPS) is 16.5. The van der Waals surface area contributed by atoms with Gasteiger partial charge in [-0.3, -0.25) is 14.6 Å². The highest BCUT2D eigenvalue weighted by molar-refractivity contribution is 5.82. The third-order valence-electron chi connectivity index (χ3n) is 5.79. The highest BCUT2D eigenvalue weighted by atomic mass is 16.2. The summed E-state index contributed by atoms with van der Waals surface area (Å²) >= 11 is 0. The molecule has 5 nitrogen and oxygen atoms in total. The summed E-state index contributed by atoms with van der Waals surface area (Å²) in [7, 11) is 0. The third-order valence-corrected chi connectivity index (χ3v) is 5.79. The van der Waals surface area contributed by atoms with Gasteiger partial charge in [0, 0.05) is 38.4 Å². The number of hydrogen-bond donors (Lipinski definition) is 1. The molecule has 3 aromatic rings. The van der Waals surface area contributed by atoms with Crippen molar-refractivity contribution in [3.05, 3.63) is 90.3 Å². The Balaban J connectivity index is 1.47. The van der Waals surface area contributed by atoms with Crippen LogP contribution in [-0.2, 0) is 22.4 Å². The molecule has 0 radical (unpaired) electrons. The molecule has 1 saturated heterocycles. The number of nitrogens with zero attached hydrogens (tertiary/aromatic N) is 2. The first-order valence-electron chi connectivity index (χ1n) is 10.8. The number of carbonyl (C=O) groups excluding carboxylic acids is 2. The van der Waals surface area contributed by atoms with E-state index in [1.807, 2.05) is 59.5 Å². The number of hydrogen-bond acceptors (Lipinski definition) is 3. The number of benzene rings is 2. The van der Waals surface area contributed by atoms with Crippen LogP contribution in [0, 0.1) is 5.92 Å². The summed E-state index contributed by atoms with van der Waals surface area (Å²) in [6.45, 7) is 1.50. The van der Waals surface area contributed by atoms with Crippen LogP contribution >= 0.6 is 0 Å². The van der Waals surface area contributed by atoms with Gasteiger partial charge in [0.05, 0.1) is 5.92 Å². The molecule has 1 aliphatic heterocycles. The summed E-state index contributed by atoms with van der Waals surface area (Å²) in [5.74, 6) is -0.151. The summed E-state index contributed by atoms with van der Waals surface area (Å²) < 4.78 is 0. The van der Waals surface area contributed by atoms with Gasteiger partial charge in [0.15, 0.2) is 0 Å². The van der Waals surface area contributed by atoms with Crippen molar-refractivity contribution in [3.63, 3.8) is 0 Å². The molecule has 2 amide bonds. The van der Waals surface area contributed by atoms with Crippen molar-refractivity contribution < 1.29 is 9.59 Å². The van der Waals surface area contributed by atoms with Crippen molar-refractivity contribution >= 4 is 11.8 Å². The molecule has 0 unspecified atom stereocenters. The zero-order valence-electron chi connectivity index (χ0n) is 17.5. The van der Waals surface area contributed by atoms with Crippen molar-refractivity contribution in [2.75, 3.05) is 19.6 Å². The minimum absolute atomic E-state index is 0.0166. The van der Waals surface area contributed by atoms with Crippen LogP contribution in [-0.4, -0.2) is 41.3 Å². The maximum Gasteiger partial charge on any atom is 0.225 e. The molecule has 4 rings (SSSR count). The molecule has 31 heavy (non-hydrogen) atoms. The van der Waals surface area contributed by atoms with Crippen LogP contribution in [0.25, 0.3) is 11.1 Å². The molecule has 5 heteroatoms. The van der Waals surface area contributed by atoms with Crippen LogP contribution in [0.5, 0.6) is 0 Å². The van der Waals surface area contributed by atoms with Gasteiger partial charge in [-0.2, -0.15) is 0 Å². The van der Waals surface area contributed by atoms with Crippen molar-refractivity contribution in [2.45, 2.75) is 19.3 Å². The molecule has 0 saturated carbocycles. The quantitative estimate of drug-likeness (QED) is 0.673. The van der Waals surface area contributed by atoms with Crippen molar-refractivity contribution in [1.29, 1.82) is 0 Å². The zero-order valence-corrected chi connectivity index (χ0v) is 17.5. The van der Waals surface area contributed by atoms with Crippen molar-refractivity contribution in [1.82, 2.24) is 15.2 Å². The molecule has 1 aliphatic rings. The largest absolute Gasteiger partial charge is 0.354 e. The topological polar surface area (TPSA) is 62.3 Å². The molecule has 1 aromatic heterocycles. The van der Waals surface area contributed by atoms with Crippen LogP contribution in [0.4, 0.5) is 0 Å². The highest BCUT2D eigenvalue weighted by Gasteiger charge is 2.28. The van der Waals surface area contributed by atoms with E-state index in [0.717, 1.165) is 22.3 Å². The molecule has 0 aliphatic carbocycles. The standard InChI is InChI=1S/C26H27N3O2/c30-25(11-10-20-6-2-1-3-7-20)29-17-16-28-26(31)23(19-29)18-22-8-4-5-9-24(22)21-12-14-27-15-13-21/h1-9,12-15,23H,10-11,16-19H2,(H,28,31)/t23-/m0/s1. The first-order chi connectivity index (χ1) is 15.2. The maximum atomic E-state index is 12.9. The first kappa shape index (κ1) is 20.8. The molecule has 158 valence electrons. The van der Waals surface area contributed by atoms with Gasteiger partial charge >= 0.3 is 0 Å². The molecular formula is C26H27N3O2. The Morgan fingerprint density at radius 1 is 1.00 bits per heavy atom. The molecular weight excluding hydrogens is 386 g/mol. The monoisotopic (exact) mass is 413 g/mol. The van der Waals surface area contributed by atoms with E-state index >= 15 is 0 Å². The van der Waals surface area contributed by atoms with E-state index in [-0.39, 0.29) is 17.7 Å². The lowest BCUT2D eigenvalue weighted by Gasteiger charge is -2.24. The smallest absolute Gasteiger partial charge is 0.225 e. The SMILES string of the molecule is O=C1NCCN(C(=O)CCc2ccccc2)C[C@@H]1Cc1ccccc1-c1ccncc1. The number of aryl methyl sites for hydroxylation is 1. The van der Waals surface area contributed by atoms with E-state index in [9.17, 15) is 9.59 Å². The summed E-state index contributed by atoms with van der Waals surface area (Å²) in [5.41, 5.74) is 4.44. The fourth-order valence-electron chi connectivity index (χ4n) is 4.11. The fourth-order valence-corrected chi connectivity index (χ4v) is 4.11. The van der Waals surface area contributed by atoms with E-state index in [1.165, 1.54) is 0 Å². The second kappa shape index (κ2) is 10.0. The Morgan fingerprint density at radius 2 is 1.74 bits per heavy atom. The Kier molecular flexibility index (Phi) is 6.72. The van der Waals surface area contributed by atoms with Gasteiger partial charge in [-0.1, -0.05) is 54.6 Å². The number of amides is 2. The van der Waals surface area contributed by atoms with E-state index in [2.05, 4.69) is 22.4 Å². The average molecular weight is 414 g/mol. The van der Waals surface area contributed by atoms with Gasteiger partial charge in [0.2, 0.25) is 11.8 Å². The lowest BCUT2D eigenvalue weighted by atomic mass is 9.91. The van der Waals surface area contributed by atoms with Crippen LogP contribution < -0.4 is 5.32 Å². The Bertz CT molecular complexity index is 1020. The van der Waals surface area contributed by atoms with Crippen LogP contribution in [0.2, 0.25) is 0 Å². The zero-order chi connectivity index (χ0) is 21.5. The fraction of sp³-hybridized carbons (Fsp3) is 0.269. The van der Waals surface area contributed by atoms with E-state index in [0.29, 0.717) is 38.9 Å². The van der Waals surface area contributed by atoms with E-state index in [4.69, 9.17) is 0 Å². The van der Waals surface area contributed by atoms with Gasteiger partial charge in [-0.05, 0) is 47.2 Å². The number of rotatable bonds is 6. The van der Waals surface area contributed by atoms with Crippen molar-refractivity contribution in [3.8, 4) is 11.1 Å². The first-order valence-corrected chi connectivity index (χ1v) is 10.8. The van der Waals surface area contributed by atoms with E-state index < -0.39 is 0 Å². The Morgan fingerprint density at radius 3 is 2.55 bits per heavy atom.